The van der Waals surface area contributed by atoms with E-state index in [0.29, 0.717) is 36.1 Å². The molecular weight excluding hydrogens is 230 g/mol. The first-order valence-corrected chi connectivity index (χ1v) is 6.55. The monoisotopic (exact) mass is 253 g/mol. The maximum absolute atomic E-state index is 12.0. The third-order valence-corrected chi connectivity index (χ3v) is 3.27. The molecule has 102 valence electrons. The smallest absolute Gasteiger partial charge is 0.358 e. The number of carbonyl (C=O) groups excluding carboxylic acids is 1. The summed E-state index contributed by atoms with van der Waals surface area (Å²) in [5, 5.41) is 4.21. The van der Waals surface area contributed by atoms with E-state index >= 15 is 0 Å². The van der Waals surface area contributed by atoms with Gasteiger partial charge < -0.3 is 10.5 Å². The van der Waals surface area contributed by atoms with Gasteiger partial charge in [-0.3, -0.25) is 4.68 Å². The third-order valence-electron chi connectivity index (χ3n) is 3.27. The number of aryl methyl sites for hydroxylation is 2. The van der Waals surface area contributed by atoms with Gasteiger partial charge in [0.25, 0.3) is 0 Å². The molecule has 0 saturated heterocycles. The van der Waals surface area contributed by atoms with Crippen LogP contribution >= 0.6 is 0 Å². The molecular formula is C13H23N3O2. The van der Waals surface area contributed by atoms with Gasteiger partial charge in [-0.25, -0.2) is 4.79 Å². The van der Waals surface area contributed by atoms with Crippen molar-refractivity contribution in [3.63, 3.8) is 0 Å². The Hall–Kier alpha value is -1.52. The Balaban J connectivity index is 2.78. The SMILES string of the molecule is CCC(CC)COC(=O)c1c(N)c(C)nn1CC. The van der Waals surface area contributed by atoms with Crippen molar-refractivity contribution in [2.75, 3.05) is 12.3 Å². The molecule has 1 rings (SSSR count). The molecule has 0 aliphatic carbocycles. The zero-order chi connectivity index (χ0) is 13.7. The highest BCUT2D eigenvalue weighted by Gasteiger charge is 2.21. The minimum absolute atomic E-state index is 0.373. The van der Waals surface area contributed by atoms with Crippen LogP contribution in [0.2, 0.25) is 0 Å². The summed E-state index contributed by atoms with van der Waals surface area (Å²) < 4.78 is 6.93. The second-order valence-electron chi connectivity index (χ2n) is 4.44. The highest BCUT2D eigenvalue weighted by atomic mass is 16.5. The molecule has 0 amide bonds. The van der Waals surface area contributed by atoms with Crippen molar-refractivity contribution in [2.45, 2.75) is 47.1 Å². The molecule has 1 aromatic rings. The molecule has 0 aliphatic rings. The van der Waals surface area contributed by atoms with E-state index < -0.39 is 0 Å². The van der Waals surface area contributed by atoms with Gasteiger partial charge in [-0.05, 0) is 19.8 Å². The number of ether oxygens (including phenoxy) is 1. The lowest BCUT2D eigenvalue weighted by Crippen LogP contribution is -2.18. The summed E-state index contributed by atoms with van der Waals surface area (Å²) in [5.41, 5.74) is 7.34. The molecule has 0 spiro atoms. The van der Waals surface area contributed by atoms with Crippen LogP contribution in [0.15, 0.2) is 0 Å². The molecule has 2 N–H and O–H groups in total. The normalized spacial score (nSPS) is 10.9. The Morgan fingerprint density at radius 1 is 1.39 bits per heavy atom. The number of carbonyl (C=O) groups is 1. The Labute approximate surface area is 108 Å². The van der Waals surface area contributed by atoms with Crippen molar-refractivity contribution in [3.05, 3.63) is 11.4 Å². The molecule has 0 radical (unpaired) electrons. The van der Waals surface area contributed by atoms with Crippen molar-refractivity contribution in [3.8, 4) is 0 Å². The number of hydrogen-bond donors (Lipinski definition) is 1. The molecule has 0 bridgehead atoms. The van der Waals surface area contributed by atoms with Crippen molar-refractivity contribution in [1.82, 2.24) is 9.78 Å². The maximum atomic E-state index is 12.0. The van der Waals surface area contributed by atoms with E-state index in [-0.39, 0.29) is 5.97 Å². The second kappa shape index (κ2) is 6.42. The maximum Gasteiger partial charge on any atom is 0.358 e. The van der Waals surface area contributed by atoms with E-state index in [1.807, 2.05) is 6.92 Å². The van der Waals surface area contributed by atoms with Gasteiger partial charge in [-0.15, -0.1) is 0 Å². The fraction of sp³-hybridized carbons (Fsp3) is 0.692. The van der Waals surface area contributed by atoms with Crippen LogP contribution < -0.4 is 5.73 Å². The minimum atomic E-state index is -0.373. The van der Waals surface area contributed by atoms with Crippen LogP contribution in [0.5, 0.6) is 0 Å². The van der Waals surface area contributed by atoms with Crippen LogP contribution in [0.25, 0.3) is 0 Å². The number of nitrogen functional groups attached to an aromatic ring is 1. The molecule has 1 heterocycles. The summed E-state index contributed by atoms with van der Waals surface area (Å²) in [4.78, 5) is 12.0. The van der Waals surface area contributed by atoms with Crippen LogP contribution in [0.1, 0.15) is 49.8 Å². The Kier molecular flexibility index (Phi) is 5.19. The van der Waals surface area contributed by atoms with E-state index in [1.54, 1.807) is 11.6 Å². The number of aromatic nitrogens is 2. The number of hydrogen-bond acceptors (Lipinski definition) is 4. The molecule has 5 heteroatoms. The number of anilines is 1. The van der Waals surface area contributed by atoms with Gasteiger partial charge in [-0.2, -0.15) is 5.10 Å². The summed E-state index contributed by atoms with van der Waals surface area (Å²) in [5.74, 6) is 0.0381. The summed E-state index contributed by atoms with van der Waals surface area (Å²) in [7, 11) is 0. The van der Waals surface area contributed by atoms with Gasteiger partial charge in [0, 0.05) is 6.54 Å². The molecule has 18 heavy (non-hydrogen) atoms. The van der Waals surface area contributed by atoms with Crippen LogP contribution in [-0.2, 0) is 11.3 Å². The van der Waals surface area contributed by atoms with Crippen LogP contribution in [0.3, 0.4) is 0 Å². The average Bonchev–Trinajstić information content (AvgIpc) is 2.66. The van der Waals surface area contributed by atoms with Crippen molar-refractivity contribution in [2.24, 2.45) is 5.92 Å². The fourth-order valence-corrected chi connectivity index (χ4v) is 1.83. The number of nitrogens with zero attached hydrogens (tertiary/aromatic N) is 2. The summed E-state index contributed by atoms with van der Waals surface area (Å²) >= 11 is 0. The van der Waals surface area contributed by atoms with Crippen LogP contribution in [-0.4, -0.2) is 22.4 Å². The van der Waals surface area contributed by atoms with Gasteiger partial charge in [0.05, 0.1) is 18.0 Å². The second-order valence-corrected chi connectivity index (χ2v) is 4.44. The first-order valence-electron chi connectivity index (χ1n) is 6.55. The van der Waals surface area contributed by atoms with Crippen molar-refractivity contribution >= 4 is 11.7 Å². The average molecular weight is 253 g/mol. The Bertz CT molecular complexity index is 409. The van der Waals surface area contributed by atoms with Crippen molar-refractivity contribution < 1.29 is 9.53 Å². The summed E-state index contributed by atoms with van der Waals surface area (Å²) in [6.45, 7) is 8.95. The minimum Gasteiger partial charge on any atom is -0.461 e. The molecule has 0 aromatic carbocycles. The predicted octanol–water partition coefficient (Wildman–Crippen LogP) is 2.39. The molecule has 0 saturated carbocycles. The molecule has 0 fully saturated rings. The standard InChI is InChI=1S/C13H23N3O2/c1-5-10(6-2)8-18-13(17)12-11(14)9(4)15-16(12)7-3/h10H,5-8,14H2,1-4H3. The van der Waals surface area contributed by atoms with Gasteiger partial charge >= 0.3 is 5.97 Å². The van der Waals surface area contributed by atoms with Gasteiger partial charge in [0.1, 0.15) is 0 Å². The van der Waals surface area contributed by atoms with Gasteiger partial charge in [0.2, 0.25) is 0 Å². The van der Waals surface area contributed by atoms with Gasteiger partial charge in [0.15, 0.2) is 5.69 Å². The number of rotatable bonds is 6. The first kappa shape index (κ1) is 14.5. The molecule has 5 nitrogen and oxygen atoms in total. The number of nitrogens with two attached hydrogens (primary N) is 1. The van der Waals surface area contributed by atoms with E-state index in [1.165, 1.54) is 0 Å². The highest BCUT2D eigenvalue weighted by molar-refractivity contribution is 5.93. The lowest BCUT2D eigenvalue weighted by molar-refractivity contribution is 0.0420. The zero-order valence-corrected chi connectivity index (χ0v) is 11.7. The van der Waals surface area contributed by atoms with E-state index in [2.05, 4.69) is 18.9 Å². The summed E-state index contributed by atoms with van der Waals surface area (Å²) in [6, 6.07) is 0. The fourth-order valence-electron chi connectivity index (χ4n) is 1.83. The molecule has 0 unspecified atom stereocenters. The lowest BCUT2D eigenvalue weighted by atomic mass is 10.1. The van der Waals surface area contributed by atoms with Crippen molar-refractivity contribution in [1.29, 1.82) is 0 Å². The largest absolute Gasteiger partial charge is 0.461 e. The topological polar surface area (TPSA) is 70.1 Å². The zero-order valence-electron chi connectivity index (χ0n) is 11.7. The highest BCUT2D eigenvalue weighted by Crippen LogP contribution is 2.18. The van der Waals surface area contributed by atoms with E-state index in [0.717, 1.165) is 12.8 Å². The lowest BCUT2D eigenvalue weighted by Gasteiger charge is -2.13. The van der Waals surface area contributed by atoms with E-state index in [4.69, 9.17) is 10.5 Å². The molecule has 0 atom stereocenters. The number of esters is 1. The third kappa shape index (κ3) is 3.03. The predicted molar refractivity (Wildman–Crippen MR) is 71.4 cm³/mol. The quantitative estimate of drug-likeness (QED) is 0.790. The first-order chi connectivity index (χ1) is 8.54. The molecule has 1 aromatic heterocycles. The van der Waals surface area contributed by atoms with E-state index in [9.17, 15) is 4.79 Å². The Morgan fingerprint density at radius 2 is 2.00 bits per heavy atom. The van der Waals surface area contributed by atoms with Crippen LogP contribution in [0.4, 0.5) is 5.69 Å². The summed E-state index contributed by atoms with van der Waals surface area (Å²) in [6.07, 6.45) is 2.01. The Morgan fingerprint density at radius 3 is 2.50 bits per heavy atom. The molecule has 0 aliphatic heterocycles. The van der Waals surface area contributed by atoms with Gasteiger partial charge in [-0.1, -0.05) is 26.7 Å². The van der Waals surface area contributed by atoms with Crippen LogP contribution in [0, 0.1) is 12.8 Å².